The molecule has 2 aliphatic rings. The Kier molecular flexibility index (Phi) is 3.98. The smallest absolute Gasteiger partial charge is 0.256 e. The summed E-state index contributed by atoms with van der Waals surface area (Å²) in [5.41, 5.74) is 3.58. The van der Waals surface area contributed by atoms with E-state index in [4.69, 9.17) is 16.3 Å². The largest absolute Gasteiger partial charge is 0.497 e. The highest BCUT2D eigenvalue weighted by atomic mass is 35.5. The quantitative estimate of drug-likeness (QED) is 0.613. The molecule has 1 aliphatic heterocycles. The number of ether oxygens (including phenoxy) is 1. The summed E-state index contributed by atoms with van der Waals surface area (Å²) in [7, 11) is 1.63. The van der Waals surface area contributed by atoms with Crippen molar-refractivity contribution >= 4 is 44.7 Å². The number of benzene rings is 1. The first kappa shape index (κ1) is 16.8. The van der Waals surface area contributed by atoms with Crippen LogP contribution in [-0.4, -0.2) is 18.0 Å². The van der Waals surface area contributed by atoms with Crippen molar-refractivity contribution in [1.29, 1.82) is 0 Å². The first-order valence-electron chi connectivity index (χ1n) is 9.00. The third kappa shape index (κ3) is 2.75. The van der Waals surface area contributed by atoms with Crippen molar-refractivity contribution in [2.45, 2.75) is 31.8 Å². The van der Waals surface area contributed by atoms with Gasteiger partial charge in [-0.1, -0.05) is 11.6 Å². The molecule has 0 saturated carbocycles. The molecule has 0 fully saturated rings. The zero-order valence-electron chi connectivity index (χ0n) is 14.8. The van der Waals surface area contributed by atoms with Crippen molar-refractivity contribution in [3.63, 3.8) is 0 Å². The van der Waals surface area contributed by atoms with E-state index in [1.165, 1.54) is 16.9 Å². The molecule has 0 spiro atoms. The van der Waals surface area contributed by atoms with Crippen LogP contribution in [0.1, 0.15) is 45.4 Å². The molecule has 138 valence electrons. The number of amides is 1. The number of anilines is 1. The molecule has 1 aliphatic carbocycles. The standard InChI is InChI=1S/C20H18ClN3O2S/c1-26-11-6-7-14-10(8-11)9-13(17(21)22-14)18-23-19(25)16-12-4-2-3-5-15(12)27-20(16)24-18/h6-9,18,24H,2-5H2,1H3,(H,23,25)/t18-/m0/s1. The van der Waals surface area contributed by atoms with Gasteiger partial charge in [-0.15, -0.1) is 11.3 Å². The molecular weight excluding hydrogens is 382 g/mol. The lowest BCUT2D eigenvalue weighted by Gasteiger charge is -2.27. The summed E-state index contributed by atoms with van der Waals surface area (Å²) < 4.78 is 5.30. The lowest BCUT2D eigenvalue weighted by Crippen LogP contribution is -2.38. The van der Waals surface area contributed by atoms with Gasteiger partial charge in [0.15, 0.2) is 0 Å². The second-order valence-electron chi connectivity index (χ2n) is 6.89. The zero-order valence-corrected chi connectivity index (χ0v) is 16.3. The van der Waals surface area contributed by atoms with E-state index in [0.29, 0.717) is 5.15 Å². The van der Waals surface area contributed by atoms with Crippen molar-refractivity contribution in [3.05, 3.63) is 51.0 Å². The number of methoxy groups -OCH3 is 1. The van der Waals surface area contributed by atoms with Gasteiger partial charge >= 0.3 is 0 Å². The second kappa shape index (κ2) is 6.39. The van der Waals surface area contributed by atoms with Crippen LogP contribution in [0.4, 0.5) is 5.00 Å². The highest BCUT2D eigenvalue weighted by Gasteiger charge is 2.33. The Bertz CT molecular complexity index is 1080. The van der Waals surface area contributed by atoms with Crippen LogP contribution in [0, 0.1) is 0 Å². The van der Waals surface area contributed by atoms with Crippen molar-refractivity contribution in [3.8, 4) is 5.75 Å². The van der Waals surface area contributed by atoms with E-state index in [0.717, 1.165) is 52.0 Å². The van der Waals surface area contributed by atoms with Gasteiger partial charge < -0.3 is 15.4 Å². The molecular formula is C20H18ClN3O2S. The normalized spacial score (nSPS) is 18.4. The number of hydrogen-bond acceptors (Lipinski definition) is 5. The number of carbonyl (C=O) groups excluding carboxylic acids is 1. The van der Waals surface area contributed by atoms with Crippen LogP contribution in [-0.2, 0) is 12.8 Å². The zero-order chi connectivity index (χ0) is 18.5. The van der Waals surface area contributed by atoms with E-state index >= 15 is 0 Å². The molecule has 0 radical (unpaired) electrons. The first-order valence-corrected chi connectivity index (χ1v) is 10.2. The van der Waals surface area contributed by atoms with Gasteiger partial charge in [0, 0.05) is 15.8 Å². The maximum Gasteiger partial charge on any atom is 0.256 e. The maximum atomic E-state index is 12.8. The molecule has 0 saturated heterocycles. The summed E-state index contributed by atoms with van der Waals surface area (Å²) in [6.45, 7) is 0. The molecule has 3 heterocycles. The highest BCUT2D eigenvalue weighted by molar-refractivity contribution is 7.16. The molecule has 2 aromatic heterocycles. The lowest BCUT2D eigenvalue weighted by molar-refractivity contribution is 0.0935. The molecule has 5 rings (SSSR count). The van der Waals surface area contributed by atoms with Gasteiger partial charge in [0.1, 0.15) is 22.1 Å². The summed E-state index contributed by atoms with van der Waals surface area (Å²) in [4.78, 5) is 18.7. The predicted octanol–water partition coefficient (Wildman–Crippen LogP) is 4.69. The molecule has 1 aromatic carbocycles. The first-order chi connectivity index (χ1) is 13.1. The van der Waals surface area contributed by atoms with Gasteiger partial charge in [-0.25, -0.2) is 4.98 Å². The number of pyridine rings is 1. The van der Waals surface area contributed by atoms with Gasteiger partial charge in [-0.05, 0) is 55.5 Å². The molecule has 2 N–H and O–H groups in total. The van der Waals surface area contributed by atoms with Crippen LogP contribution in [0.25, 0.3) is 10.9 Å². The van der Waals surface area contributed by atoms with Crippen molar-refractivity contribution in [2.75, 3.05) is 12.4 Å². The number of halogens is 1. The Morgan fingerprint density at radius 3 is 2.93 bits per heavy atom. The van der Waals surface area contributed by atoms with Crippen molar-refractivity contribution < 1.29 is 9.53 Å². The summed E-state index contributed by atoms with van der Waals surface area (Å²) >= 11 is 8.16. The van der Waals surface area contributed by atoms with E-state index in [9.17, 15) is 4.79 Å². The number of aryl methyl sites for hydroxylation is 1. The third-order valence-corrected chi connectivity index (χ3v) is 6.79. The van der Waals surface area contributed by atoms with E-state index in [1.807, 2.05) is 24.3 Å². The number of rotatable bonds is 2. The highest BCUT2D eigenvalue weighted by Crippen LogP contribution is 2.42. The Balaban J connectivity index is 1.56. The fourth-order valence-electron chi connectivity index (χ4n) is 3.91. The van der Waals surface area contributed by atoms with Crippen LogP contribution in [0.5, 0.6) is 5.75 Å². The Labute approximate surface area is 165 Å². The van der Waals surface area contributed by atoms with E-state index < -0.39 is 6.17 Å². The molecule has 7 heteroatoms. The number of nitrogens with zero attached hydrogens (tertiary/aromatic N) is 1. The SMILES string of the molecule is COc1ccc2nc(Cl)c([C@H]3NC(=O)c4c(sc5c4CCCC5)N3)cc2c1. The van der Waals surface area contributed by atoms with Crippen molar-refractivity contribution in [1.82, 2.24) is 10.3 Å². The number of thiophene rings is 1. The fourth-order valence-corrected chi connectivity index (χ4v) is 5.48. The van der Waals surface area contributed by atoms with Crippen LogP contribution in [0.2, 0.25) is 5.15 Å². The van der Waals surface area contributed by atoms with E-state index in [1.54, 1.807) is 18.4 Å². The van der Waals surface area contributed by atoms with E-state index in [-0.39, 0.29) is 5.91 Å². The minimum atomic E-state index is -0.402. The molecule has 3 aromatic rings. The molecule has 0 bridgehead atoms. The molecule has 1 amide bonds. The Morgan fingerprint density at radius 2 is 2.07 bits per heavy atom. The number of fused-ring (bicyclic) bond motifs is 4. The molecule has 27 heavy (non-hydrogen) atoms. The minimum absolute atomic E-state index is 0.0324. The summed E-state index contributed by atoms with van der Waals surface area (Å²) in [6.07, 6.45) is 3.99. The summed E-state index contributed by atoms with van der Waals surface area (Å²) in [5, 5.41) is 8.77. The van der Waals surface area contributed by atoms with Gasteiger partial charge in [0.05, 0.1) is 18.2 Å². The second-order valence-corrected chi connectivity index (χ2v) is 8.36. The monoisotopic (exact) mass is 399 g/mol. The van der Waals surface area contributed by atoms with Crippen LogP contribution < -0.4 is 15.4 Å². The van der Waals surface area contributed by atoms with Gasteiger partial charge in [-0.2, -0.15) is 0 Å². The topological polar surface area (TPSA) is 63.2 Å². The van der Waals surface area contributed by atoms with E-state index in [2.05, 4.69) is 15.6 Å². The number of hydrogen-bond donors (Lipinski definition) is 2. The maximum absolute atomic E-state index is 12.8. The molecule has 0 unspecified atom stereocenters. The minimum Gasteiger partial charge on any atom is -0.497 e. The van der Waals surface area contributed by atoms with Crippen LogP contribution in [0.3, 0.4) is 0 Å². The van der Waals surface area contributed by atoms with Gasteiger partial charge in [0.25, 0.3) is 5.91 Å². The van der Waals surface area contributed by atoms with Crippen LogP contribution >= 0.6 is 22.9 Å². The number of nitrogens with one attached hydrogen (secondary N) is 2. The fraction of sp³-hybridized carbons (Fsp3) is 0.300. The Morgan fingerprint density at radius 1 is 1.22 bits per heavy atom. The van der Waals surface area contributed by atoms with Crippen molar-refractivity contribution in [2.24, 2.45) is 0 Å². The van der Waals surface area contributed by atoms with Gasteiger partial charge in [-0.3, -0.25) is 4.79 Å². The predicted molar refractivity (Wildman–Crippen MR) is 108 cm³/mol. The summed E-state index contributed by atoms with van der Waals surface area (Å²) in [6, 6.07) is 7.61. The summed E-state index contributed by atoms with van der Waals surface area (Å²) in [5.74, 6) is 0.724. The number of aromatic nitrogens is 1. The van der Waals surface area contributed by atoms with Gasteiger partial charge in [0.2, 0.25) is 0 Å². The Hall–Kier alpha value is -2.31. The molecule has 1 atom stereocenters. The number of carbonyl (C=O) groups is 1. The average molecular weight is 400 g/mol. The van der Waals surface area contributed by atoms with Crippen LogP contribution in [0.15, 0.2) is 24.3 Å². The third-order valence-electron chi connectivity index (χ3n) is 5.26. The average Bonchev–Trinajstić information content (AvgIpc) is 3.06. The molecule has 5 nitrogen and oxygen atoms in total. The lowest BCUT2D eigenvalue weighted by atomic mass is 9.94.